The molecule has 75 heavy (non-hydrogen) atoms. The van der Waals surface area contributed by atoms with Crippen LogP contribution in [0.1, 0.15) is 290 Å². The third-order valence-electron chi connectivity index (χ3n) is 14.0. The average Bonchev–Trinajstić information content (AvgIpc) is 3.37. The van der Waals surface area contributed by atoms with Crippen molar-refractivity contribution in [3.8, 4) is 0 Å². The first kappa shape index (κ1) is 72.7. The van der Waals surface area contributed by atoms with Crippen LogP contribution in [0.25, 0.3) is 0 Å². The zero-order valence-electron chi connectivity index (χ0n) is 50.0. The lowest BCUT2D eigenvalue weighted by atomic mass is 10.0. The van der Waals surface area contributed by atoms with E-state index in [2.05, 4.69) is 74.7 Å². The van der Waals surface area contributed by atoms with Gasteiger partial charge in [0.05, 0.1) is 33.8 Å². The lowest BCUT2D eigenvalue weighted by Crippen LogP contribution is -2.47. The highest BCUT2D eigenvalue weighted by Crippen LogP contribution is 2.43. The number of amides is 1. The number of nitrogens with one attached hydrogen (secondary N) is 1. The van der Waals surface area contributed by atoms with Crippen LogP contribution < -0.4 is 5.32 Å². The van der Waals surface area contributed by atoms with E-state index in [9.17, 15) is 19.0 Å². The Morgan fingerprint density at radius 1 is 0.480 bits per heavy atom. The number of likely N-dealkylation sites (N-methyl/N-ethyl adjacent to an activating group) is 1. The molecule has 0 aromatic rings. The number of carbonyl (C=O) groups is 2. The standard InChI is InChI=1S/C65H121N2O7P/c1-7-10-13-16-19-22-25-27-29-30-31-32-33-34-35-36-38-40-43-46-49-52-55-58-65(69)74-63(56-53-50-47-44-41-24-21-18-15-12-9-3)62(61-73-75(70,71)72-60-59-67(4,5)6)66-64(68)57-54-51-48-45-42-39-37-28-26-23-20-17-14-11-8-2/h11,14,17,20,23,26-27,29,53,56,62-63H,7-10,12-13,15-16,18-19,21-22,24-25,28,30-52,54-55,57-61H2,1-6H3,(H-,66,68,70,71)/p+1/b14-11+,20-17+,26-23+,29-27+,56-53-. The van der Waals surface area contributed by atoms with E-state index in [1.807, 2.05) is 33.3 Å². The minimum Gasteiger partial charge on any atom is -0.456 e. The monoisotopic (exact) mass is 1070 g/mol. The van der Waals surface area contributed by atoms with Crippen molar-refractivity contribution in [1.82, 2.24) is 5.32 Å². The Morgan fingerprint density at radius 2 is 0.867 bits per heavy atom. The fraction of sp³-hybridized carbons (Fsp3) is 0.815. The maximum Gasteiger partial charge on any atom is 0.472 e. The molecule has 10 heteroatoms. The molecule has 0 aromatic heterocycles. The molecule has 3 unspecified atom stereocenters. The van der Waals surface area contributed by atoms with Gasteiger partial charge in [0.1, 0.15) is 19.3 Å². The summed E-state index contributed by atoms with van der Waals surface area (Å²) < 4.78 is 30.7. The number of rotatable bonds is 57. The van der Waals surface area contributed by atoms with Gasteiger partial charge in [-0.3, -0.25) is 18.6 Å². The molecule has 0 aliphatic heterocycles. The third kappa shape index (κ3) is 56.2. The van der Waals surface area contributed by atoms with Crippen molar-refractivity contribution >= 4 is 19.7 Å². The van der Waals surface area contributed by atoms with Crippen molar-refractivity contribution < 1.29 is 37.3 Å². The summed E-state index contributed by atoms with van der Waals surface area (Å²) in [5.41, 5.74) is 0. The van der Waals surface area contributed by atoms with Crippen molar-refractivity contribution in [2.75, 3.05) is 40.9 Å². The molecule has 9 nitrogen and oxygen atoms in total. The number of ether oxygens (including phenoxy) is 1. The Hall–Kier alpha value is -2.29. The van der Waals surface area contributed by atoms with Crippen molar-refractivity contribution in [3.05, 3.63) is 60.8 Å². The van der Waals surface area contributed by atoms with E-state index >= 15 is 0 Å². The van der Waals surface area contributed by atoms with Gasteiger partial charge >= 0.3 is 13.8 Å². The van der Waals surface area contributed by atoms with Crippen LogP contribution in [-0.2, 0) is 27.9 Å². The van der Waals surface area contributed by atoms with Crippen LogP contribution in [0.2, 0.25) is 0 Å². The summed E-state index contributed by atoms with van der Waals surface area (Å²) in [5.74, 6) is -0.514. The molecular formula is C65H122N2O7P+. The number of esters is 1. The number of unbranched alkanes of at least 4 members (excludes halogenated alkanes) is 35. The van der Waals surface area contributed by atoms with Crippen LogP contribution in [0.5, 0.6) is 0 Å². The number of nitrogens with zero attached hydrogens (tertiary/aromatic N) is 1. The smallest absolute Gasteiger partial charge is 0.456 e. The Balaban J connectivity index is 5.12. The summed E-state index contributed by atoms with van der Waals surface area (Å²) in [4.78, 5) is 37.7. The summed E-state index contributed by atoms with van der Waals surface area (Å²) in [5, 5.41) is 3.05. The number of phosphoric acid groups is 1. The van der Waals surface area contributed by atoms with E-state index < -0.39 is 20.0 Å². The molecule has 0 heterocycles. The van der Waals surface area contributed by atoms with Gasteiger partial charge in [-0.15, -0.1) is 0 Å². The minimum atomic E-state index is -4.45. The minimum absolute atomic E-state index is 0.0369. The molecule has 1 amide bonds. The predicted molar refractivity (Wildman–Crippen MR) is 323 cm³/mol. The molecule has 0 bridgehead atoms. The lowest BCUT2D eigenvalue weighted by molar-refractivity contribution is -0.870. The zero-order valence-corrected chi connectivity index (χ0v) is 50.9. The van der Waals surface area contributed by atoms with Crippen molar-refractivity contribution in [2.45, 2.75) is 303 Å². The highest BCUT2D eigenvalue weighted by atomic mass is 31.2. The third-order valence-corrected chi connectivity index (χ3v) is 15.0. The van der Waals surface area contributed by atoms with Crippen molar-refractivity contribution in [1.29, 1.82) is 0 Å². The maximum absolute atomic E-state index is 13.5. The normalized spacial score (nSPS) is 14.1. The van der Waals surface area contributed by atoms with Gasteiger partial charge in [-0.05, 0) is 76.7 Å². The first-order valence-corrected chi connectivity index (χ1v) is 33.1. The van der Waals surface area contributed by atoms with E-state index in [1.165, 1.54) is 180 Å². The molecular weight excluding hydrogens is 952 g/mol. The van der Waals surface area contributed by atoms with Gasteiger partial charge < -0.3 is 19.4 Å². The van der Waals surface area contributed by atoms with Gasteiger partial charge in [0.25, 0.3) is 0 Å². The molecule has 2 N–H and O–H groups in total. The molecule has 438 valence electrons. The highest BCUT2D eigenvalue weighted by molar-refractivity contribution is 7.47. The van der Waals surface area contributed by atoms with Crippen molar-refractivity contribution in [2.24, 2.45) is 0 Å². The Morgan fingerprint density at radius 3 is 1.31 bits per heavy atom. The van der Waals surface area contributed by atoms with E-state index in [1.54, 1.807) is 0 Å². The fourth-order valence-electron chi connectivity index (χ4n) is 9.11. The zero-order chi connectivity index (χ0) is 55.0. The number of allylic oxidation sites excluding steroid dienone is 9. The molecule has 0 radical (unpaired) electrons. The number of hydrogen-bond acceptors (Lipinski definition) is 6. The number of carbonyl (C=O) groups excluding carboxylic acids is 2. The van der Waals surface area contributed by atoms with E-state index in [0.717, 1.165) is 77.0 Å². The second-order valence-corrected chi connectivity index (χ2v) is 24.1. The van der Waals surface area contributed by atoms with Crippen molar-refractivity contribution in [3.63, 3.8) is 0 Å². The molecule has 0 aliphatic carbocycles. The van der Waals surface area contributed by atoms with E-state index in [4.69, 9.17) is 13.8 Å². The van der Waals surface area contributed by atoms with Gasteiger partial charge in [0.15, 0.2) is 0 Å². The van der Waals surface area contributed by atoms with E-state index in [-0.39, 0.29) is 31.5 Å². The Labute approximate surface area is 464 Å². The molecule has 0 saturated carbocycles. The fourth-order valence-corrected chi connectivity index (χ4v) is 9.85. The molecule has 0 spiro atoms. The van der Waals surface area contributed by atoms with Crippen LogP contribution >= 0.6 is 7.82 Å². The highest BCUT2D eigenvalue weighted by Gasteiger charge is 2.30. The first-order valence-electron chi connectivity index (χ1n) is 31.6. The van der Waals surface area contributed by atoms with Gasteiger partial charge in [-0.2, -0.15) is 0 Å². The predicted octanol–water partition coefficient (Wildman–Crippen LogP) is 19.4. The van der Waals surface area contributed by atoms with Gasteiger partial charge in [-0.25, -0.2) is 4.57 Å². The largest absolute Gasteiger partial charge is 0.472 e. The Bertz CT molecular complexity index is 1470. The van der Waals surface area contributed by atoms with Gasteiger partial charge in [0.2, 0.25) is 5.91 Å². The van der Waals surface area contributed by atoms with Gasteiger partial charge in [0, 0.05) is 12.8 Å². The lowest BCUT2D eigenvalue weighted by Gasteiger charge is -2.27. The van der Waals surface area contributed by atoms with Crippen LogP contribution in [-0.4, -0.2) is 74.3 Å². The van der Waals surface area contributed by atoms with Crippen LogP contribution in [0.15, 0.2) is 60.8 Å². The van der Waals surface area contributed by atoms with E-state index in [0.29, 0.717) is 17.4 Å². The summed E-state index contributed by atoms with van der Waals surface area (Å²) in [6.45, 7) is 6.88. The Kier molecular flexibility index (Phi) is 53.4. The van der Waals surface area contributed by atoms with Crippen LogP contribution in [0.3, 0.4) is 0 Å². The molecule has 0 rings (SSSR count). The van der Waals surface area contributed by atoms with Crippen LogP contribution in [0, 0.1) is 0 Å². The summed E-state index contributed by atoms with van der Waals surface area (Å²) >= 11 is 0. The summed E-state index contributed by atoms with van der Waals surface area (Å²) in [6.07, 6.45) is 69.4. The average molecular weight is 1070 g/mol. The van der Waals surface area contributed by atoms with Gasteiger partial charge in [-0.1, -0.05) is 262 Å². The molecule has 0 aromatic carbocycles. The molecule has 0 fully saturated rings. The second-order valence-electron chi connectivity index (χ2n) is 22.6. The number of hydrogen-bond donors (Lipinski definition) is 2. The number of quaternary nitrogens is 1. The molecule has 0 aliphatic rings. The van der Waals surface area contributed by atoms with Crippen LogP contribution in [0.4, 0.5) is 0 Å². The molecule has 0 saturated heterocycles. The molecule has 3 atom stereocenters. The summed E-state index contributed by atoms with van der Waals surface area (Å²) in [7, 11) is 1.49. The summed E-state index contributed by atoms with van der Waals surface area (Å²) in [6, 6.07) is -0.854. The quantitative estimate of drug-likeness (QED) is 0.0156. The number of phosphoric ester groups is 1. The maximum atomic E-state index is 13.5. The SMILES string of the molecule is CC/C=C/C=C/C=C/CCCCCCCCCC(=O)NC(COP(=O)(O)OCC[N+](C)(C)C)C(/C=C\CCCCCCCCCCC)OC(=O)CCCCCCCCCCCCCCC/C=C/CCCCCCCC. The first-order chi connectivity index (χ1) is 36.4. The second kappa shape index (κ2) is 55.0. The topological polar surface area (TPSA) is 111 Å².